The van der Waals surface area contributed by atoms with Gasteiger partial charge in [0.2, 0.25) is 18.2 Å². The SMILES string of the molecule is COc1ccc(C)cc1N(CCC(=O)N1CCN(C=O)CC1)C(C)=O. The van der Waals surface area contributed by atoms with Gasteiger partial charge in [-0.1, -0.05) is 6.07 Å². The summed E-state index contributed by atoms with van der Waals surface area (Å²) in [4.78, 5) is 40.2. The molecule has 0 aliphatic carbocycles. The first-order valence-electron chi connectivity index (χ1n) is 8.36. The van der Waals surface area contributed by atoms with Crippen LogP contribution in [-0.2, 0) is 14.4 Å². The van der Waals surface area contributed by atoms with Crippen molar-refractivity contribution in [3.8, 4) is 5.75 Å². The van der Waals surface area contributed by atoms with Crippen molar-refractivity contribution in [2.75, 3.05) is 44.7 Å². The average molecular weight is 347 g/mol. The number of aryl methyl sites for hydroxylation is 1. The smallest absolute Gasteiger partial charge is 0.224 e. The molecule has 7 heteroatoms. The van der Waals surface area contributed by atoms with Gasteiger partial charge < -0.3 is 19.4 Å². The van der Waals surface area contributed by atoms with Gasteiger partial charge in [0.1, 0.15) is 5.75 Å². The van der Waals surface area contributed by atoms with Gasteiger partial charge >= 0.3 is 0 Å². The minimum atomic E-state index is -0.137. The van der Waals surface area contributed by atoms with Crippen LogP contribution < -0.4 is 9.64 Å². The highest BCUT2D eigenvalue weighted by molar-refractivity contribution is 5.94. The summed E-state index contributed by atoms with van der Waals surface area (Å²) in [5.74, 6) is 0.457. The van der Waals surface area contributed by atoms with Crippen molar-refractivity contribution in [2.24, 2.45) is 0 Å². The number of rotatable bonds is 6. The number of methoxy groups -OCH3 is 1. The van der Waals surface area contributed by atoms with Crippen LogP contribution in [0.1, 0.15) is 18.9 Å². The lowest BCUT2D eigenvalue weighted by Crippen LogP contribution is -2.48. The fourth-order valence-corrected chi connectivity index (χ4v) is 2.90. The molecular weight excluding hydrogens is 322 g/mol. The number of ether oxygens (including phenoxy) is 1. The largest absolute Gasteiger partial charge is 0.495 e. The Balaban J connectivity index is 2.03. The summed E-state index contributed by atoms with van der Waals surface area (Å²) >= 11 is 0. The van der Waals surface area contributed by atoms with Gasteiger partial charge in [-0.3, -0.25) is 14.4 Å². The molecule has 7 nitrogen and oxygen atoms in total. The van der Waals surface area contributed by atoms with Crippen LogP contribution in [0.25, 0.3) is 0 Å². The van der Waals surface area contributed by atoms with Crippen molar-refractivity contribution in [1.82, 2.24) is 9.80 Å². The van der Waals surface area contributed by atoms with Gasteiger partial charge in [-0.05, 0) is 24.6 Å². The molecular formula is C18H25N3O4. The predicted octanol–water partition coefficient (Wildman–Crippen LogP) is 1.05. The van der Waals surface area contributed by atoms with Gasteiger partial charge in [-0.2, -0.15) is 0 Å². The van der Waals surface area contributed by atoms with E-state index in [9.17, 15) is 14.4 Å². The summed E-state index contributed by atoms with van der Waals surface area (Å²) in [7, 11) is 1.56. The summed E-state index contributed by atoms with van der Waals surface area (Å²) in [6.07, 6.45) is 1.04. The van der Waals surface area contributed by atoms with Gasteiger partial charge in [0.25, 0.3) is 0 Å². The van der Waals surface area contributed by atoms with E-state index in [4.69, 9.17) is 4.74 Å². The summed E-state index contributed by atoms with van der Waals surface area (Å²) < 4.78 is 5.35. The zero-order valence-electron chi connectivity index (χ0n) is 15.0. The van der Waals surface area contributed by atoms with E-state index in [1.54, 1.807) is 21.8 Å². The number of amides is 3. The minimum Gasteiger partial charge on any atom is -0.495 e. The lowest BCUT2D eigenvalue weighted by molar-refractivity contribution is -0.135. The third-order valence-electron chi connectivity index (χ3n) is 4.37. The number of carbonyl (C=O) groups excluding carboxylic acids is 3. The Hall–Kier alpha value is -2.57. The van der Waals surface area contributed by atoms with Gasteiger partial charge in [-0.15, -0.1) is 0 Å². The number of anilines is 1. The van der Waals surface area contributed by atoms with E-state index in [0.29, 0.717) is 44.2 Å². The molecule has 0 bridgehead atoms. The number of nitrogens with zero attached hydrogens (tertiary/aromatic N) is 3. The third kappa shape index (κ3) is 4.71. The minimum absolute atomic E-state index is 0.0107. The lowest BCUT2D eigenvalue weighted by Gasteiger charge is -2.33. The molecule has 1 aromatic rings. The van der Waals surface area contributed by atoms with Crippen LogP contribution in [0.15, 0.2) is 18.2 Å². The first-order chi connectivity index (χ1) is 12.0. The molecule has 1 heterocycles. The second kappa shape index (κ2) is 8.50. The Morgan fingerprint density at radius 3 is 2.48 bits per heavy atom. The number of hydrogen-bond donors (Lipinski definition) is 0. The lowest BCUT2D eigenvalue weighted by atomic mass is 10.1. The van der Waals surface area contributed by atoms with Crippen LogP contribution in [0.3, 0.4) is 0 Å². The van der Waals surface area contributed by atoms with Crippen molar-refractivity contribution >= 4 is 23.9 Å². The highest BCUT2D eigenvalue weighted by Crippen LogP contribution is 2.29. The fraction of sp³-hybridized carbons (Fsp3) is 0.500. The molecule has 3 amide bonds. The van der Waals surface area contributed by atoms with Crippen LogP contribution in [0.4, 0.5) is 5.69 Å². The number of hydrogen-bond acceptors (Lipinski definition) is 4. The van der Waals surface area contributed by atoms with Gasteiger partial charge in [0, 0.05) is 46.1 Å². The Morgan fingerprint density at radius 2 is 1.92 bits per heavy atom. The van der Waals surface area contributed by atoms with Gasteiger partial charge in [0.15, 0.2) is 0 Å². The molecule has 25 heavy (non-hydrogen) atoms. The maximum Gasteiger partial charge on any atom is 0.224 e. The van der Waals surface area contributed by atoms with E-state index in [0.717, 1.165) is 12.0 Å². The van der Waals surface area contributed by atoms with E-state index in [1.165, 1.54) is 6.92 Å². The quantitative estimate of drug-likeness (QED) is 0.721. The molecule has 1 fully saturated rings. The van der Waals surface area contributed by atoms with Gasteiger partial charge in [0.05, 0.1) is 12.8 Å². The van der Waals surface area contributed by atoms with Crippen molar-refractivity contribution < 1.29 is 19.1 Å². The molecule has 1 aliphatic rings. The molecule has 0 aromatic heterocycles. The number of carbonyl (C=O) groups is 3. The first kappa shape index (κ1) is 18.8. The molecule has 2 rings (SSSR count). The molecule has 0 atom stereocenters. The van der Waals surface area contributed by atoms with Gasteiger partial charge in [-0.25, -0.2) is 0 Å². The van der Waals surface area contributed by atoms with Crippen LogP contribution in [0, 0.1) is 6.92 Å². The topological polar surface area (TPSA) is 70.2 Å². The van der Waals surface area contributed by atoms with E-state index in [-0.39, 0.29) is 18.2 Å². The van der Waals surface area contributed by atoms with E-state index >= 15 is 0 Å². The molecule has 0 N–H and O–H groups in total. The second-order valence-corrected chi connectivity index (χ2v) is 6.12. The van der Waals surface area contributed by atoms with Crippen LogP contribution in [0.5, 0.6) is 5.75 Å². The maximum absolute atomic E-state index is 12.4. The molecule has 136 valence electrons. The van der Waals surface area contributed by atoms with Crippen molar-refractivity contribution in [3.63, 3.8) is 0 Å². The van der Waals surface area contributed by atoms with Crippen LogP contribution >= 0.6 is 0 Å². The van der Waals surface area contributed by atoms with Crippen LogP contribution in [-0.4, -0.2) is 67.9 Å². The van der Waals surface area contributed by atoms with Crippen molar-refractivity contribution in [1.29, 1.82) is 0 Å². The normalized spacial score (nSPS) is 14.2. The molecule has 1 saturated heterocycles. The molecule has 0 saturated carbocycles. The number of piperazine rings is 1. The zero-order chi connectivity index (χ0) is 18.4. The number of benzene rings is 1. The summed E-state index contributed by atoms with van der Waals surface area (Å²) in [5, 5.41) is 0. The Bertz CT molecular complexity index is 639. The summed E-state index contributed by atoms with van der Waals surface area (Å²) in [6.45, 7) is 5.89. The van der Waals surface area contributed by atoms with Crippen molar-refractivity contribution in [3.05, 3.63) is 23.8 Å². The molecule has 1 aliphatic heterocycles. The third-order valence-corrected chi connectivity index (χ3v) is 4.37. The monoisotopic (exact) mass is 347 g/mol. The first-order valence-corrected chi connectivity index (χ1v) is 8.36. The molecule has 0 spiro atoms. The molecule has 1 aromatic carbocycles. The fourth-order valence-electron chi connectivity index (χ4n) is 2.90. The molecule has 0 unspecified atom stereocenters. The standard InChI is InChI=1S/C18H25N3O4/c1-14-4-5-17(25-3)16(12-14)21(15(2)23)7-6-18(24)20-10-8-19(13-22)9-11-20/h4-5,12-13H,6-11H2,1-3H3. The van der Waals surface area contributed by atoms with E-state index in [2.05, 4.69) is 0 Å². The van der Waals surface area contributed by atoms with Crippen LogP contribution in [0.2, 0.25) is 0 Å². The highest BCUT2D eigenvalue weighted by atomic mass is 16.5. The molecule has 0 radical (unpaired) electrons. The maximum atomic E-state index is 12.4. The van der Waals surface area contributed by atoms with E-state index < -0.39 is 0 Å². The summed E-state index contributed by atoms with van der Waals surface area (Å²) in [5.41, 5.74) is 1.69. The average Bonchev–Trinajstić information content (AvgIpc) is 2.61. The Kier molecular flexibility index (Phi) is 6.38. The summed E-state index contributed by atoms with van der Waals surface area (Å²) in [6, 6.07) is 5.62. The predicted molar refractivity (Wildman–Crippen MR) is 94.6 cm³/mol. The highest BCUT2D eigenvalue weighted by Gasteiger charge is 2.22. The second-order valence-electron chi connectivity index (χ2n) is 6.12. The van der Waals surface area contributed by atoms with Crippen molar-refractivity contribution in [2.45, 2.75) is 20.3 Å². The Morgan fingerprint density at radius 1 is 1.24 bits per heavy atom. The Labute approximate surface area is 148 Å². The zero-order valence-corrected chi connectivity index (χ0v) is 15.0. The van der Waals surface area contributed by atoms with E-state index in [1.807, 2.05) is 25.1 Å².